The fraction of sp³-hybridized carbons (Fsp3) is 0.550. The van der Waals surface area contributed by atoms with Crippen LogP contribution in [-0.2, 0) is 16.8 Å². The smallest absolute Gasteiger partial charge is 0.267 e. The summed E-state index contributed by atoms with van der Waals surface area (Å²) in [6.07, 6.45) is 5.92. The number of nitrogens with one attached hydrogen (secondary N) is 1. The molecule has 2 aromatic rings. The van der Waals surface area contributed by atoms with Crippen LogP contribution in [0.5, 0.6) is 0 Å². The van der Waals surface area contributed by atoms with E-state index in [9.17, 15) is 18.7 Å². The van der Waals surface area contributed by atoms with Crippen molar-refractivity contribution in [2.24, 2.45) is 0 Å². The highest BCUT2D eigenvalue weighted by atomic mass is 19.3. The monoisotopic (exact) mass is 431 g/mol. The van der Waals surface area contributed by atoms with Crippen LogP contribution in [0.1, 0.15) is 43.5 Å². The van der Waals surface area contributed by atoms with Gasteiger partial charge in [-0.05, 0) is 12.8 Å². The summed E-state index contributed by atoms with van der Waals surface area (Å²) in [6, 6.07) is 0. The minimum Gasteiger partial charge on any atom is -0.388 e. The van der Waals surface area contributed by atoms with E-state index in [2.05, 4.69) is 25.3 Å². The minimum absolute atomic E-state index is 0.120. The number of aromatic nitrogens is 4. The van der Waals surface area contributed by atoms with Crippen LogP contribution in [0, 0.1) is 0 Å². The summed E-state index contributed by atoms with van der Waals surface area (Å²) < 4.78 is 27.1. The molecule has 0 unspecified atom stereocenters. The molecule has 2 N–H and O–H groups in total. The number of nitrogens with zero attached hydrogens (tertiary/aromatic N) is 6. The van der Waals surface area contributed by atoms with E-state index in [1.165, 1.54) is 22.2 Å². The van der Waals surface area contributed by atoms with Gasteiger partial charge in [-0.3, -0.25) is 9.69 Å². The number of hydrogen-bond donors (Lipinski definition) is 2. The van der Waals surface area contributed by atoms with Gasteiger partial charge in [0.15, 0.2) is 5.82 Å². The summed E-state index contributed by atoms with van der Waals surface area (Å²) in [5, 5.41) is 12.7. The van der Waals surface area contributed by atoms with E-state index in [1.54, 1.807) is 7.05 Å². The maximum absolute atomic E-state index is 13.7. The maximum Gasteiger partial charge on any atom is 0.267 e. The summed E-state index contributed by atoms with van der Waals surface area (Å²) in [6.45, 7) is -0.602. The summed E-state index contributed by atoms with van der Waals surface area (Å²) in [7, 11) is 1.73. The Hall–Kier alpha value is -2.95. The number of rotatable bonds is 4. The molecule has 0 atom stereocenters. The van der Waals surface area contributed by atoms with E-state index < -0.39 is 17.9 Å². The molecule has 1 saturated heterocycles. The second kappa shape index (κ2) is 7.04. The molecule has 11 heteroatoms. The normalized spacial score (nSPS) is 21.2. The summed E-state index contributed by atoms with van der Waals surface area (Å²) in [5.74, 6) is -1.51. The van der Waals surface area contributed by atoms with Crippen molar-refractivity contribution in [2.75, 3.05) is 35.3 Å². The molecule has 164 valence electrons. The number of amides is 1. The van der Waals surface area contributed by atoms with Crippen molar-refractivity contribution >= 4 is 29.2 Å². The van der Waals surface area contributed by atoms with E-state index in [4.69, 9.17) is 0 Å². The lowest BCUT2D eigenvalue weighted by Gasteiger charge is -2.23. The number of fused-ring (bicyclic) bond motifs is 2. The number of alkyl halides is 2. The fourth-order valence-electron chi connectivity index (χ4n) is 4.95. The minimum atomic E-state index is -2.75. The Morgan fingerprint density at radius 2 is 1.87 bits per heavy atom. The van der Waals surface area contributed by atoms with Gasteiger partial charge in [0.1, 0.15) is 18.2 Å². The van der Waals surface area contributed by atoms with Crippen LogP contribution in [-0.4, -0.2) is 57.0 Å². The van der Waals surface area contributed by atoms with Crippen LogP contribution < -0.4 is 15.1 Å². The number of hydrogen-bond acceptors (Lipinski definition) is 8. The van der Waals surface area contributed by atoms with Gasteiger partial charge in [0, 0.05) is 20.0 Å². The topological polar surface area (TPSA) is 107 Å². The zero-order valence-corrected chi connectivity index (χ0v) is 17.1. The number of halogens is 2. The second-order valence-corrected chi connectivity index (χ2v) is 8.29. The highest BCUT2D eigenvalue weighted by molar-refractivity contribution is 6.13. The van der Waals surface area contributed by atoms with Gasteiger partial charge in [0.05, 0.1) is 35.6 Å². The first-order valence-electron chi connectivity index (χ1n) is 10.4. The van der Waals surface area contributed by atoms with Gasteiger partial charge in [-0.25, -0.2) is 28.7 Å². The molecule has 5 rings (SSSR count). The Morgan fingerprint density at radius 3 is 2.45 bits per heavy atom. The first-order chi connectivity index (χ1) is 14.9. The first-order valence-corrected chi connectivity index (χ1v) is 10.4. The Labute approximate surface area is 177 Å². The van der Waals surface area contributed by atoms with E-state index >= 15 is 0 Å². The fourth-order valence-corrected chi connectivity index (χ4v) is 4.95. The van der Waals surface area contributed by atoms with Crippen molar-refractivity contribution in [1.82, 2.24) is 19.9 Å². The van der Waals surface area contributed by atoms with Crippen LogP contribution in [0.3, 0.4) is 0 Å². The Balaban J connectivity index is 1.57. The number of carbonyl (C=O) groups is 1. The molecular weight excluding hydrogens is 408 g/mol. The molecule has 1 spiro atoms. The van der Waals surface area contributed by atoms with Crippen molar-refractivity contribution < 1.29 is 18.7 Å². The third kappa shape index (κ3) is 3.01. The Kier molecular flexibility index (Phi) is 4.54. The van der Waals surface area contributed by atoms with E-state index in [0.717, 1.165) is 18.4 Å². The van der Waals surface area contributed by atoms with Crippen molar-refractivity contribution in [2.45, 2.75) is 50.0 Å². The first kappa shape index (κ1) is 20.0. The molecule has 1 amide bonds. The van der Waals surface area contributed by atoms with Gasteiger partial charge in [-0.1, -0.05) is 12.8 Å². The van der Waals surface area contributed by atoms with E-state index in [-0.39, 0.29) is 37.3 Å². The Bertz CT molecular complexity index is 1020. The predicted octanol–water partition coefficient (Wildman–Crippen LogP) is 2.14. The van der Waals surface area contributed by atoms with Crippen LogP contribution in [0.4, 0.5) is 32.1 Å². The summed E-state index contributed by atoms with van der Waals surface area (Å²) in [4.78, 5) is 34.0. The molecule has 1 saturated carbocycles. The van der Waals surface area contributed by atoms with Gasteiger partial charge in [0.2, 0.25) is 11.9 Å². The molecule has 0 bridgehead atoms. The lowest BCUT2D eigenvalue weighted by atomic mass is 9.80. The van der Waals surface area contributed by atoms with Gasteiger partial charge in [-0.15, -0.1) is 0 Å². The van der Waals surface area contributed by atoms with Crippen molar-refractivity contribution in [3.8, 4) is 0 Å². The molecular formula is C20H23F2N7O2. The maximum atomic E-state index is 13.7. The zero-order valence-electron chi connectivity index (χ0n) is 17.1. The average molecular weight is 431 g/mol. The number of carbonyl (C=O) groups excluding carboxylic acids is 1. The van der Waals surface area contributed by atoms with Crippen LogP contribution in [0.15, 0.2) is 12.4 Å². The second-order valence-electron chi connectivity index (χ2n) is 8.29. The predicted molar refractivity (Wildman–Crippen MR) is 109 cm³/mol. The zero-order chi connectivity index (χ0) is 21.8. The lowest BCUT2D eigenvalue weighted by molar-refractivity contribution is -0.122. The van der Waals surface area contributed by atoms with Crippen molar-refractivity contribution in [3.05, 3.63) is 23.8 Å². The molecule has 2 aliphatic heterocycles. The highest BCUT2D eigenvalue weighted by Crippen LogP contribution is 2.54. The third-order valence-electron chi connectivity index (χ3n) is 6.41. The molecule has 9 nitrogen and oxygen atoms in total. The van der Waals surface area contributed by atoms with Gasteiger partial charge < -0.3 is 15.3 Å². The quantitative estimate of drug-likeness (QED) is 0.758. The van der Waals surface area contributed by atoms with Gasteiger partial charge in [-0.2, -0.15) is 0 Å². The largest absolute Gasteiger partial charge is 0.388 e. The van der Waals surface area contributed by atoms with Crippen LogP contribution in [0.2, 0.25) is 0 Å². The molecule has 1 aliphatic carbocycles. The number of aliphatic hydroxyl groups excluding tert-OH is 1. The molecule has 0 radical (unpaired) electrons. The van der Waals surface area contributed by atoms with E-state index in [0.29, 0.717) is 30.2 Å². The van der Waals surface area contributed by atoms with Gasteiger partial charge in [0.25, 0.3) is 5.92 Å². The molecule has 3 aliphatic rings. The average Bonchev–Trinajstić information content (AvgIpc) is 3.46. The molecule has 2 fully saturated rings. The lowest BCUT2D eigenvalue weighted by Crippen LogP contribution is -2.36. The molecule has 31 heavy (non-hydrogen) atoms. The van der Waals surface area contributed by atoms with Crippen LogP contribution >= 0.6 is 0 Å². The Morgan fingerprint density at radius 1 is 1.16 bits per heavy atom. The molecule has 0 aromatic carbocycles. The number of aliphatic hydroxyl groups is 1. The van der Waals surface area contributed by atoms with Crippen molar-refractivity contribution in [1.29, 1.82) is 0 Å². The van der Waals surface area contributed by atoms with Crippen molar-refractivity contribution in [3.63, 3.8) is 0 Å². The summed E-state index contributed by atoms with van der Waals surface area (Å²) in [5.41, 5.74) is 0.421. The third-order valence-corrected chi connectivity index (χ3v) is 6.41. The highest BCUT2D eigenvalue weighted by Gasteiger charge is 2.55. The van der Waals surface area contributed by atoms with Crippen LogP contribution in [0.25, 0.3) is 0 Å². The number of anilines is 4. The standard InChI is InChI=1S/C20H23F2N7O2/c1-23-15-14-16(27-13(10-30)26-15)29(17(31)19(14)4-2-3-5-19)12-8-24-18(25-9-12)28-7-6-20(21,22)11-28/h8-9,30H,2-7,10-11H2,1H3,(H,23,26,27). The SMILES string of the molecule is CNc1nc(CO)nc2c1C1(CCCC1)C(=O)N2c1cnc(N2CCC(F)(F)C2)nc1. The molecule has 2 aromatic heterocycles. The van der Waals surface area contributed by atoms with E-state index in [1.807, 2.05) is 0 Å². The molecule has 4 heterocycles. The summed E-state index contributed by atoms with van der Waals surface area (Å²) >= 11 is 0. The van der Waals surface area contributed by atoms with Gasteiger partial charge >= 0.3 is 0 Å².